The summed E-state index contributed by atoms with van der Waals surface area (Å²) in [7, 11) is 5.80. The molecule has 0 bridgehead atoms. The molecule has 0 aliphatic carbocycles. The number of pyridine rings is 1. The first-order valence-corrected chi connectivity index (χ1v) is 10.8. The minimum Gasteiger partial charge on any atom is -0.379 e. The van der Waals surface area contributed by atoms with Gasteiger partial charge in [0, 0.05) is 50.5 Å². The van der Waals surface area contributed by atoms with Crippen LogP contribution in [0.15, 0.2) is 35.3 Å². The predicted octanol–water partition coefficient (Wildman–Crippen LogP) is 2.26. The van der Waals surface area contributed by atoms with E-state index in [1.165, 1.54) is 9.75 Å². The third kappa shape index (κ3) is 6.16. The molecule has 0 amide bonds. The Morgan fingerprint density at radius 1 is 1.24 bits per heavy atom. The lowest BCUT2D eigenvalue weighted by Gasteiger charge is -2.34. The average Bonchev–Trinajstić information content (AvgIpc) is 3.17. The Morgan fingerprint density at radius 2 is 2.03 bits per heavy atom. The van der Waals surface area contributed by atoms with Crippen LogP contribution in [0.25, 0.3) is 0 Å². The lowest BCUT2D eigenvalue weighted by atomic mass is 10.2. The summed E-state index contributed by atoms with van der Waals surface area (Å²) in [5.41, 5.74) is 0.984. The second kappa shape index (κ2) is 10.6. The van der Waals surface area contributed by atoms with Crippen LogP contribution in [0.3, 0.4) is 0 Å². The molecule has 0 spiro atoms. The van der Waals surface area contributed by atoms with E-state index in [0.717, 1.165) is 50.3 Å². The van der Waals surface area contributed by atoms with Gasteiger partial charge in [-0.2, -0.15) is 0 Å². The van der Waals surface area contributed by atoms with Crippen molar-refractivity contribution in [3.05, 3.63) is 45.8 Å². The fourth-order valence-corrected chi connectivity index (χ4v) is 4.35. The Bertz CT molecular complexity index is 800. The maximum Gasteiger partial charge on any atom is 0.191 e. The molecule has 2 aromatic rings. The molecule has 158 valence electrons. The van der Waals surface area contributed by atoms with Gasteiger partial charge < -0.3 is 20.3 Å². The standard InChI is InChI=1S/C21H32N6OS/c1-16-8-9-19(29-16)18(27-10-12-28-13-11-27)15-24-21(22-2)23-14-17-6-5-7-20(25-17)26(3)4/h5-9,18H,10-15H2,1-4H3,(H2,22,23,24). The summed E-state index contributed by atoms with van der Waals surface area (Å²) in [6, 6.07) is 10.8. The minimum absolute atomic E-state index is 0.311. The number of ether oxygens (including phenoxy) is 1. The summed E-state index contributed by atoms with van der Waals surface area (Å²) < 4.78 is 5.55. The van der Waals surface area contributed by atoms with Crippen LogP contribution in [0.1, 0.15) is 21.5 Å². The Kier molecular flexibility index (Phi) is 7.85. The Hall–Kier alpha value is -2.16. The van der Waals surface area contributed by atoms with Crippen LogP contribution in [-0.4, -0.2) is 69.8 Å². The molecule has 1 aliphatic rings. The second-order valence-corrected chi connectivity index (χ2v) is 8.62. The quantitative estimate of drug-likeness (QED) is 0.533. The topological polar surface area (TPSA) is 65.0 Å². The van der Waals surface area contributed by atoms with Crippen molar-refractivity contribution >= 4 is 23.1 Å². The van der Waals surface area contributed by atoms with Gasteiger partial charge in [0.25, 0.3) is 0 Å². The van der Waals surface area contributed by atoms with Crippen molar-refractivity contribution in [1.29, 1.82) is 0 Å². The highest BCUT2D eigenvalue weighted by Crippen LogP contribution is 2.27. The number of hydrogen-bond acceptors (Lipinski definition) is 6. The summed E-state index contributed by atoms with van der Waals surface area (Å²) in [6.45, 7) is 7.08. The maximum atomic E-state index is 5.55. The fourth-order valence-electron chi connectivity index (χ4n) is 3.33. The Labute approximate surface area is 177 Å². The van der Waals surface area contributed by atoms with Crippen molar-refractivity contribution in [3.63, 3.8) is 0 Å². The first kappa shape index (κ1) is 21.5. The number of anilines is 1. The zero-order valence-electron chi connectivity index (χ0n) is 17.8. The van der Waals surface area contributed by atoms with E-state index in [4.69, 9.17) is 4.74 Å². The number of thiophene rings is 1. The highest BCUT2D eigenvalue weighted by atomic mass is 32.1. The van der Waals surface area contributed by atoms with E-state index in [1.54, 1.807) is 7.05 Å². The number of aromatic nitrogens is 1. The average molecular weight is 417 g/mol. The summed E-state index contributed by atoms with van der Waals surface area (Å²) in [5, 5.41) is 6.89. The number of rotatable bonds is 7. The van der Waals surface area contributed by atoms with Crippen LogP contribution in [0.4, 0.5) is 5.82 Å². The molecule has 3 heterocycles. The zero-order valence-corrected chi connectivity index (χ0v) is 18.6. The molecule has 0 aromatic carbocycles. The number of nitrogens with zero attached hydrogens (tertiary/aromatic N) is 4. The number of guanidine groups is 1. The first-order chi connectivity index (χ1) is 14.1. The summed E-state index contributed by atoms with van der Waals surface area (Å²) in [6.07, 6.45) is 0. The number of aliphatic imine (C=N–C) groups is 1. The molecule has 1 saturated heterocycles. The van der Waals surface area contributed by atoms with Gasteiger partial charge in [-0.3, -0.25) is 9.89 Å². The molecule has 1 unspecified atom stereocenters. The molecule has 1 atom stereocenters. The molecule has 3 rings (SSSR count). The SMILES string of the molecule is CN=C(NCc1cccc(N(C)C)n1)NCC(c1ccc(C)s1)N1CCOCC1. The molecule has 0 saturated carbocycles. The van der Waals surface area contributed by atoms with E-state index < -0.39 is 0 Å². The molecule has 2 aromatic heterocycles. The van der Waals surface area contributed by atoms with Gasteiger partial charge in [0.15, 0.2) is 5.96 Å². The van der Waals surface area contributed by atoms with Crippen molar-refractivity contribution in [3.8, 4) is 0 Å². The largest absolute Gasteiger partial charge is 0.379 e. The van der Waals surface area contributed by atoms with Gasteiger partial charge in [0.1, 0.15) is 5.82 Å². The van der Waals surface area contributed by atoms with Gasteiger partial charge in [-0.15, -0.1) is 11.3 Å². The van der Waals surface area contributed by atoms with Crippen LogP contribution in [0, 0.1) is 6.92 Å². The van der Waals surface area contributed by atoms with Gasteiger partial charge in [-0.25, -0.2) is 4.98 Å². The summed E-state index contributed by atoms with van der Waals surface area (Å²) in [5.74, 6) is 1.74. The van der Waals surface area contributed by atoms with Crippen LogP contribution < -0.4 is 15.5 Å². The Morgan fingerprint density at radius 3 is 2.69 bits per heavy atom. The third-order valence-electron chi connectivity index (χ3n) is 4.95. The van der Waals surface area contributed by atoms with Gasteiger partial charge in [-0.05, 0) is 31.2 Å². The molecule has 29 heavy (non-hydrogen) atoms. The van der Waals surface area contributed by atoms with E-state index in [2.05, 4.69) is 44.6 Å². The summed E-state index contributed by atoms with van der Waals surface area (Å²) in [4.78, 5) is 16.3. The zero-order chi connectivity index (χ0) is 20.6. The molecular weight excluding hydrogens is 384 g/mol. The molecule has 7 nitrogen and oxygen atoms in total. The number of hydrogen-bond donors (Lipinski definition) is 2. The van der Waals surface area contributed by atoms with Crippen molar-refractivity contribution in [2.24, 2.45) is 4.99 Å². The van der Waals surface area contributed by atoms with E-state index >= 15 is 0 Å². The van der Waals surface area contributed by atoms with Crippen molar-refractivity contribution in [1.82, 2.24) is 20.5 Å². The van der Waals surface area contributed by atoms with Crippen molar-refractivity contribution in [2.45, 2.75) is 19.5 Å². The number of nitrogens with one attached hydrogen (secondary N) is 2. The van der Waals surface area contributed by atoms with Gasteiger partial charge >= 0.3 is 0 Å². The first-order valence-electron chi connectivity index (χ1n) is 10.0. The van der Waals surface area contributed by atoms with E-state index in [-0.39, 0.29) is 0 Å². The van der Waals surface area contributed by atoms with Gasteiger partial charge in [0.05, 0.1) is 31.5 Å². The van der Waals surface area contributed by atoms with Crippen LogP contribution >= 0.6 is 11.3 Å². The monoisotopic (exact) mass is 416 g/mol. The van der Waals surface area contributed by atoms with Crippen molar-refractivity contribution in [2.75, 3.05) is 58.9 Å². The van der Waals surface area contributed by atoms with Crippen LogP contribution in [0.5, 0.6) is 0 Å². The molecule has 8 heteroatoms. The van der Waals surface area contributed by atoms with E-state index in [0.29, 0.717) is 12.6 Å². The molecule has 1 aliphatic heterocycles. The van der Waals surface area contributed by atoms with E-state index in [1.807, 2.05) is 48.5 Å². The summed E-state index contributed by atoms with van der Waals surface area (Å²) >= 11 is 1.87. The number of aryl methyl sites for hydroxylation is 1. The fraction of sp³-hybridized carbons (Fsp3) is 0.524. The van der Waals surface area contributed by atoms with Crippen LogP contribution in [0.2, 0.25) is 0 Å². The highest BCUT2D eigenvalue weighted by molar-refractivity contribution is 7.12. The number of morpholine rings is 1. The Balaban J connectivity index is 1.60. The highest BCUT2D eigenvalue weighted by Gasteiger charge is 2.24. The lowest BCUT2D eigenvalue weighted by molar-refractivity contribution is 0.0177. The third-order valence-corrected chi connectivity index (χ3v) is 6.05. The minimum atomic E-state index is 0.311. The van der Waals surface area contributed by atoms with E-state index in [9.17, 15) is 0 Å². The van der Waals surface area contributed by atoms with Gasteiger partial charge in [-0.1, -0.05) is 6.07 Å². The van der Waals surface area contributed by atoms with Crippen molar-refractivity contribution < 1.29 is 4.74 Å². The molecular formula is C21H32N6OS. The second-order valence-electron chi connectivity index (χ2n) is 7.30. The lowest BCUT2D eigenvalue weighted by Crippen LogP contribution is -2.46. The smallest absolute Gasteiger partial charge is 0.191 e. The molecule has 1 fully saturated rings. The van der Waals surface area contributed by atoms with Gasteiger partial charge in [0.2, 0.25) is 0 Å². The molecule has 2 N–H and O–H groups in total. The maximum absolute atomic E-state index is 5.55. The normalized spacial score (nSPS) is 16.5. The van der Waals surface area contributed by atoms with Crippen LogP contribution in [-0.2, 0) is 11.3 Å². The molecule has 0 radical (unpaired) electrons. The predicted molar refractivity (Wildman–Crippen MR) is 121 cm³/mol.